The maximum Gasteiger partial charge on any atom is 0.318 e. The van der Waals surface area contributed by atoms with E-state index in [0.717, 1.165) is 32.2 Å². The highest BCUT2D eigenvalue weighted by molar-refractivity contribution is 5.77. The Hall–Kier alpha value is -1.59. The number of aryl methyl sites for hydroxylation is 1. The predicted molar refractivity (Wildman–Crippen MR) is 74.3 cm³/mol. The van der Waals surface area contributed by atoms with E-state index in [-0.39, 0.29) is 5.91 Å². The maximum absolute atomic E-state index is 11.5. The van der Waals surface area contributed by atoms with Crippen molar-refractivity contribution in [3.8, 4) is 0 Å². The van der Waals surface area contributed by atoms with E-state index in [0.29, 0.717) is 36.2 Å². The van der Waals surface area contributed by atoms with Gasteiger partial charge in [-0.2, -0.15) is 0 Å². The lowest BCUT2D eigenvalue weighted by molar-refractivity contribution is -0.124. The van der Waals surface area contributed by atoms with Gasteiger partial charge in [0.05, 0.1) is 0 Å². The Morgan fingerprint density at radius 1 is 1.35 bits per heavy atom. The number of hydrogen-bond donors (Lipinski definition) is 1. The first-order valence-corrected chi connectivity index (χ1v) is 7.49. The molecule has 1 aromatic rings. The molecule has 6 heteroatoms. The number of nitrogens with one attached hydrogen (secondary N) is 1. The van der Waals surface area contributed by atoms with Crippen molar-refractivity contribution in [2.45, 2.75) is 45.1 Å². The number of amides is 1. The molecule has 2 heterocycles. The van der Waals surface area contributed by atoms with Crippen LogP contribution in [0, 0.1) is 11.8 Å². The van der Waals surface area contributed by atoms with Crippen LogP contribution < -0.4 is 10.2 Å². The maximum atomic E-state index is 11.5. The zero-order valence-electron chi connectivity index (χ0n) is 12.1. The molecule has 3 rings (SSSR count). The lowest BCUT2D eigenvalue weighted by Gasteiger charge is -2.24. The molecular formula is C14H22N4O2. The number of nitrogens with zero attached hydrogens (tertiary/aromatic N) is 3. The molecule has 2 fully saturated rings. The Labute approximate surface area is 118 Å². The van der Waals surface area contributed by atoms with Gasteiger partial charge in [-0.3, -0.25) is 4.79 Å². The van der Waals surface area contributed by atoms with Crippen LogP contribution >= 0.6 is 0 Å². The number of carbonyl (C=O) groups excluding carboxylic acids is 1. The van der Waals surface area contributed by atoms with Crippen LogP contribution in [-0.2, 0) is 11.2 Å². The molecule has 1 aromatic heterocycles. The van der Waals surface area contributed by atoms with E-state index in [1.54, 1.807) is 0 Å². The van der Waals surface area contributed by atoms with E-state index in [1.807, 2.05) is 7.05 Å². The fourth-order valence-corrected chi connectivity index (χ4v) is 3.41. The van der Waals surface area contributed by atoms with Crippen LogP contribution in [0.5, 0.6) is 0 Å². The van der Waals surface area contributed by atoms with Gasteiger partial charge in [-0.1, -0.05) is 12.0 Å². The zero-order chi connectivity index (χ0) is 14.1. The number of carbonyl (C=O) groups is 1. The third kappa shape index (κ3) is 2.51. The second-order valence-corrected chi connectivity index (χ2v) is 5.99. The Kier molecular flexibility index (Phi) is 3.63. The largest absolute Gasteiger partial charge is 0.408 e. The smallest absolute Gasteiger partial charge is 0.318 e. The summed E-state index contributed by atoms with van der Waals surface area (Å²) in [5.74, 6) is 2.01. The summed E-state index contributed by atoms with van der Waals surface area (Å²) in [6.45, 7) is 2.91. The van der Waals surface area contributed by atoms with Gasteiger partial charge in [0.1, 0.15) is 0 Å². The van der Waals surface area contributed by atoms with Crippen molar-refractivity contribution >= 4 is 11.9 Å². The quantitative estimate of drug-likeness (QED) is 0.900. The molecule has 0 radical (unpaired) electrons. The predicted octanol–water partition coefficient (Wildman–Crippen LogP) is 1.37. The molecule has 0 bridgehead atoms. The van der Waals surface area contributed by atoms with Crippen molar-refractivity contribution in [1.29, 1.82) is 0 Å². The van der Waals surface area contributed by atoms with E-state index in [2.05, 4.69) is 27.3 Å². The first-order chi connectivity index (χ1) is 9.67. The minimum atomic E-state index is 0.192. The average molecular weight is 278 g/mol. The van der Waals surface area contributed by atoms with Gasteiger partial charge in [0.15, 0.2) is 0 Å². The Morgan fingerprint density at radius 2 is 2.15 bits per heavy atom. The number of anilines is 1. The third-order valence-corrected chi connectivity index (χ3v) is 4.59. The number of piperidine rings is 1. The fourth-order valence-electron chi connectivity index (χ4n) is 3.41. The van der Waals surface area contributed by atoms with Gasteiger partial charge in [-0.05, 0) is 31.1 Å². The highest BCUT2D eigenvalue weighted by Gasteiger charge is 2.40. The fraction of sp³-hybridized carbons (Fsp3) is 0.786. The van der Waals surface area contributed by atoms with Crippen molar-refractivity contribution in [3.05, 3.63) is 5.89 Å². The monoisotopic (exact) mass is 278 g/mol. The van der Waals surface area contributed by atoms with Gasteiger partial charge in [0.25, 0.3) is 0 Å². The summed E-state index contributed by atoms with van der Waals surface area (Å²) in [5.41, 5.74) is 0. The minimum Gasteiger partial charge on any atom is -0.408 e. The highest BCUT2D eigenvalue weighted by atomic mass is 16.4. The van der Waals surface area contributed by atoms with Crippen molar-refractivity contribution in [2.75, 3.05) is 18.5 Å². The molecule has 1 N–H and O–H groups in total. The van der Waals surface area contributed by atoms with Gasteiger partial charge in [-0.15, -0.1) is 5.10 Å². The third-order valence-electron chi connectivity index (χ3n) is 4.59. The normalized spacial score (nSPS) is 29.1. The molecule has 1 aliphatic carbocycles. The van der Waals surface area contributed by atoms with Gasteiger partial charge < -0.3 is 14.6 Å². The number of rotatable bonds is 4. The lowest BCUT2D eigenvalue weighted by Crippen LogP contribution is -2.38. The summed E-state index contributed by atoms with van der Waals surface area (Å²) < 4.78 is 5.69. The van der Waals surface area contributed by atoms with Crippen LogP contribution in [0.1, 0.15) is 38.5 Å². The second kappa shape index (κ2) is 5.42. The molecular weight excluding hydrogens is 256 g/mol. The minimum absolute atomic E-state index is 0.192. The molecule has 3 atom stereocenters. The molecule has 0 unspecified atom stereocenters. The van der Waals surface area contributed by atoms with Gasteiger partial charge in [-0.25, -0.2) is 0 Å². The van der Waals surface area contributed by atoms with Crippen LogP contribution in [0.25, 0.3) is 0 Å². The van der Waals surface area contributed by atoms with Gasteiger partial charge >= 0.3 is 6.01 Å². The first kappa shape index (κ1) is 13.4. The molecule has 1 saturated carbocycles. The summed E-state index contributed by atoms with van der Waals surface area (Å²) >= 11 is 0. The van der Waals surface area contributed by atoms with Crippen molar-refractivity contribution in [3.63, 3.8) is 0 Å². The Balaban J connectivity index is 1.65. The molecule has 1 saturated heterocycles. The molecule has 110 valence electrons. The number of aromatic nitrogens is 2. The molecule has 20 heavy (non-hydrogen) atoms. The molecule has 6 nitrogen and oxygen atoms in total. The van der Waals surface area contributed by atoms with Crippen molar-refractivity contribution < 1.29 is 9.21 Å². The molecule has 2 aliphatic rings. The summed E-state index contributed by atoms with van der Waals surface area (Å²) in [6, 6.07) is 1.00. The van der Waals surface area contributed by atoms with E-state index in [4.69, 9.17) is 4.42 Å². The van der Waals surface area contributed by atoms with E-state index in [9.17, 15) is 4.79 Å². The summed E-state index contributed by atoms with van der Waals surface area (Å²) in [6.07, 6.45) is 4.63. The lowest BCUT2D eigenvalue weighted by atomic mass is 9.89. The average Bonchev–Trinajstić information content (AvgIpc) is 3.04. The number of hydrogen-bond acceptors (Lipinski definition) is 5. The SMILES string of the molecule is CCCc1nnc(N(C)[C@H]2C[C@H]3CC(=O)NC[C@H]3C2)o1. The second-order valence-electron chi connectivity index (χ2n) is 5.99. The van der Waals surface area contributed by atoms with Crippen LogP contribution in [-0.4, -0.2) is 35.7 Å². The van der Waals surface area contributed by atoms with Gasteiger partial charge in [0, 0.05) is 32.5 Å². The zero-order valence-corrected chi connectivity index (χ0v) is 12.1. The first-order valence-electron chi connectivity index (χ1n) is 7.49. The summed E-state index contributed by atoms with van der Waals surface area (Å²) in [4.78, 5) is 13.6. The van der Waals surface area contributed by atoms with E-state index in [1.165, 1.54) is 0 Å². The standard InChI is InChI=1S/C14H22N4O2/c1-3-4-13-16-17-14(20-13)18(2)11-5-9-7-12(19)15-8-10(9)6-11/h9-11H,3-8H2,1-2H3,(H,15,19)/t9-,10+,11-/m0/s1. The highest BCUT2D eigenvalue weighted by Crippen LogP contribution is 2.39. The van der Waals surface area contributed by atoms with Gasteiger partial charge in [0.2, 0.25) is 11.8 Å². The molecule has 1 aliphatic heterocycles. The number of fused-ring (bicyclic) bond motifs is 1. The Morgan fingerprint density at radius 3 is 2.95 bits per heavy atom. The van der Waals surface area contributed by atoms with Crippen LogP contribution in [0.15, 0.2) is 4.42 Å². The van der Waals surface area contributed by atoms with E-state index < -0.39 is 0 Å². The summed E-state index contributed by atoms with van der Waals surface area (Å²) in [7, 11) is 2.01. The van der Waals surface area contributed by atoms with Crippen molar-refractivity contribution in [1.82, 2.24) is 15.5 Å². The summed E-state index contributed by atoms with van der Waals surface area (Å²) in [5, 5.41) is 11.2. The topological polar surface area (TPSA) is 71.3 Å². The van der Waals surface area contributed by atoms with E-state index >= 15 is 0 Å². The molecule has 0 spiro atoms. The Bertz CT molecular complexity index is 487. The van der Waals surface area contributed by atoms with Crippen LogP contribution in [0.4, 0.5) is 6.01 Å². The molecule has 0 aromatic carbocycles. The van der Waals surface area contributed by atoms with Crippen LogP contribution in [0.3, 0.4) is 0 Å². The van der Waals surface area contributed by atoms with Crippen LogP contribution in [0.2, 0.25) is 0 Å². The molecule has 1 amide bonds. The van der Waals surface area contributed by atoms with Crippen molar-refractivity contribution in [2.24, 2.45) is 11.8 Å².